The summed E-state index contributed by atoms with van der Waals surface area (Å²) >= 11 is 0. The van der Waals surface area contributed by atoms with Crippen LogP contribution in [0.2, 0.25) is 0 Å². The molecule has 0 aromatic rings. The Morgan fingerprint density at radius 2 is 1.86 bits per heavy atom. The lowest BCUT2D eigenvalue weighted by molar-refractivity contribution is 0.0689. The van der Waals surface area contributed by atoms with Gasteiger partial charge in [0.15, 0.2) is 5.96 Å². The molecule has 6 heteroatoms. The van der Waals surface area contributed by atoms with E-state index >= 15 is 0 Å². The second-order valence-corrected chi connectivity index (χ2v) is 3.29. The van der Waals surface area contributed by atoms with E-state index in [0.717, 1.165) is 26.1 Å². The standard InChI is InChI=1S/C8H17N5O/c9-7(10)13-8(11)12-5-6-1-3-14-4-2-6/h6H,1-5H2,(H6,9,10,11,12,13). The van der Waals surface area contributed by atoms with Crippen molar-refractivity contribution in [3.8, 4) is 0 Å². The molecule has 1 saturated heterocycles. The fraction of sp³-hybridized carbons (Fsp3) is 0.750. The van der Waals surface area contributed by atoms with Gasteiger partial charge in [0.05, 0.1) is 0 Å². The van der Waals surface area contributed by atoms with Crippen molar-refractivity contribution >= 4 is 11.9 Å². The van der Waals surface area contributed by atoms with E-state index in [1.807, 2.05) is 0 Å². The molecule has 0 saturated carbocycles. The first-order valence-corrected chi connectivity index (χ1v) is 4.66. The summed E-state index contributed by atoms with van der Waals surface area (Å²) in [6, 6.07) is 0. The molecule has 1 aliphatic rings. The zero-order chi connectivity index (χ0) is 10.4. The predicted molar refractivity (Wildman–Crippen MR) is 55.8 cm³/mol. The SMILES string of the molecule is NC(N)=NC(N)=NCC1CCOCC1. The third-order valence-electron chi connectivity index (χ3n) is 2.10. The van der Waals surface area contributed by atoms with Crippen LogP contribution in [0.5, 0.6) is 0 Å². The molecule has 0 bridgehead atoms. The van der Waals surface area contributed by atoms with Crippen LogP contribution in [0.3, 0.4) is 0 Å². The molecule has 0 atom stereocenters. The minimum atomic E-state index is -0.0572. The van der Waals surface area contributed by atoms with Gasteiger partial charge in [-0.3, -0.25) is 4.99 Å². The van der Waals surface area contributed by atoms with Crippen molar-refractivity contribution in [1.29, 1.82) is 0 Å². The van der Waals surface area contributed by atoms with Crippen molar-refractivity contribution < 1.29 is 4.74 Å². The Labute approximate surface area is 83.2 Å². The van der Waals surface area contributed by atoms with Crippen molar-refractivity contribution in [1.82, 2.24) is 0 Å². The molecule has 1 aliphatic heterocycles. The van der Waals surface area contributed by atoms with Gasteiger partial charge in [-0.05, 0) is 18.8 Å². The van der Waals surface area contributed by atoms with Crippen LogP contribution in [0.1, 0.15) is 12.8 Å². The molecule has 6 N–H and O–H groups in total. The lowest BCUT2D eigenvalue weighted by Gasteiger charge is -2.19. The molecule has 0 radical (unpaired) electrons. The van der Waals surface area contributed by atoms with Crippen LogP contribution in [-0.4, -0.2) is 31.7 Å². The minimum absolute atomic E-state index is 0.0572. The topological polar surface area (TPSA) is 112 Å². The van der Waals surface area contributed by atoms with E-state index < -0.39 is 0 Å². The maximum atomic E-state index is 5.46. The maximum Gasteiger partial charge on any atom is 0.218 e. The second kappa shape index (κ2) is 5.43. The largest absolute Gasteiger partial charge is 0.381 e. The molecule has 0 aromatic heterocycles. The molecule has 1 fully saturated rings. The van der Waals surface area contributed by atoms with E-state index in [2.05, 4.69) is 9.98 Å². The number of hydrogen-bond acceptors (Lipinski definition) is 2. The van der Waals surface area contributed by atoms with Gasteiger partial charge < -0.3 is 21.9 Å². The van der Waals surface area contributed by atoms with E-state index in [9.17, 15) is 0 Å². The highest BCUT2D eigenvalue weighted by molar-refractivity contribution is 5.92. The highest BCUT2D eigenvalue weighted by Gasteiger charge is 2.12. The van der Waals surface area contributed by atoms with Gasteiger partial charge in [0.2, 0.25) is 5.96 Å². The van der Waals surface area contributed by atoms with Gasteiger partial charge >= 0.3 is 0 Å². The molecular formula is C8H17N5O. The number of aliphatic imine (C=N–C) groups is 2. The van der Waals surface area contributed by atoms with Crippen molar-refractivity contribution in [2.24, 2.45) is 33.1 Å². The van der Waals surface area contributed by atoms with E-state index in [-0.39, 0.29) is 11.9 Å². The van der Waals surface area contributed by atoms with Crippen LogP contribution in [0, 0.1) is 5.92 Å². The first kappa shape index (κ1) is 10.8. The van der Waals surface area contributed by atoms with E-state index in [4.69, 9.17) is 21.9 Å². The van der Waals surface area contributed by atoms with Crippen molar-refractivity contribution in [3.05, 3.63) is 0 Å². The number of ether oxygens (including phenoxy) is 1. The third-order valence-corrected chi connectivity index (χ3v) is 2.10. The number of nitrogens with zero attached hydrogens (tertiary/aromatic N) is 2. The van der Waals surface area contributed by atoms with Crippen LogP contribution in [0.25, 0.3) is 0 Å². The fourth-order valence-electron chi connectivity index (χ4n) is 1.32. The highest BCUT2D eigenvalue weighted by Crippen LogP contribution is 2.14. The number of guanidine groups is 2. The van der Waals surface area contributed by atoms with Crippen molar-refractivity contribution in [3.63, 3.8) is 0 Å². The summed E-state index contributed by atoms with van der Waals surface area (Å²) in [5.74, 6) is 0.631. The lowest BCUT2D eigenvalue weighted by atomic mass is 10.0. The molecule has 6 nitrogen and oxygen atoms in total. The fourth-order valence-corrected chi connectivity index (χ4v) is 1.32. The highest BCUT2D eigenvalue weighted by atomic mass is 16.5. The third kappa shape index (κ3) is 4.08. The molecule has 0 amide bonds. The average Bonchev–Trinajstić information content (AvgIpc) is 2.15. The summed E-state index contributed by atoms with van der Waals surface area (Å²) in [6.45, 7) is 2.29. The van der Waals surface area contributed by atoms with E-state index in [1.54, 1.807) is 0 Å². The molecule has 0 unspecified atom stereocenters. The summed E-state index contributed by atoms with van der Waals surface area (Å²) in [7, 11) is 0. The van der Waals surface area contributed by atoms with Crippen LogP contribution >= 0.6 is 0 Å². The van der Waals surface area contributed by atoms with Crippen LogP contribution in [0.4, 0.5) is 0 Å². The number of rotatable bonds is 2. The molecule has 1 rings (SSSR count). The maximum absolute atomic E-state index is 5.46. The van der Waals surface area contributed by atoms with Crippen molar-refractivity contribution in [2.75, 3.05) is 19.8 Å². The van der Waals surface area contributed by atoms with Crippen LogP contribution in [-0.2, 0) is 4.74 Å². The summed E-state index contributed by atoms with van der Waals surface area (Å²) in [4.78, 5) is 7.71. The molecule has 80 valence electrons. The van der Waals surface area contributed by atoms with Gasteiger partial charge in [-0.25, -0.2) is 0 Å². The molecule has 14 heavy (non-hydrogen) atoms. The average molecular weight is 199 g/mol. The minimum Gasteiger partial charge on any atom is -0.381 e. The van der Waals surface area contributed by atoms with E-state index in [0.29, 0.717) is 12.5 Å². The van der Waals surface area contributed by atoms with Gasteiger partial charge in [-0.15, -0.1) is 0 Å². The predicted octanol–water partition coefficient (Wildman–Crippen LogP) is -0.999. The van der Waals surface area contributed by atoms with Crippen molar-refractivity contribution in [2.45, 2.75) is 12.8 Å². The van der Waals surface area contributed by atoms with Gasteiger partial charge in [0, 0.05) is 19.8 Å². The number of hydrogen-bond donors (Lipinski definition) is 3. The Hall–Kier alpha value is -1.30. The summed E-state index contributed by atoms with van der Waals surface area (Å²) in [5, 5.41) is 0. The Balaban J connectivity index is 2.33. The normalized spacial score (nSPS) is 19.3. The summed E-state index contributed by atoms with van der Waals surface area (Å²) in [5.41, 5.74) is 15.8. The Morgan fingerprint density at radius 1 is 1.21 bits per heavy atom. The summed E-state index contributed by atoms with van der Waals surface area (Å²) in [6.07, 6.45) is 2.05. The second-order valence-electron chi connectivity index (χ2n) is 3.29. The Morgan fingerprint density at radius 3 is 2.43 bits per heavy atom. The molecule has 0 aliphatic carbocycles. The van der Waals surface area contributed by atoms with Gasteiger partial charge in [0.25, 0.3) is 0 Å². The molecular weight excluding hydrogens is 182 g/mol. The summed E-state index contributed by atoms with van der Waals surface area (Å²) < 4.78 is 5.22. The molecule has 0 aromatic carbocycles. The Bertz CT molecular complexity index is 228. The number of nitrogens with two attached hydrogens (primary N) is 3. The van der Waals surface area contributed by atoms with Gasteiger partial charge in [-0.2, -0.15) is 4.99 Å². The first-order chi connectivity index (χ1) is 6.68. The smallest absolute Gasteiger partial charge is 0.218 e. The van der Waals surface area contributed by atoms with Gasteiger partial charge in [0.1, 0.15) is 0 Å². The molecule has 0 spiro atoms. The quantitative estimate of drug-likeness (QED) is 0.391. The monoisotopic (exact) mass is 199 g/mol. The first-order valence-electron chi connectivity index (χ1n) is 4.66. The zero-order valence-electron chi connectivity index (χ0n) is 8.15. The Kier molecular flexibility index (Phi) is 4.18. The zero-order valence-corrected chi connectivity index (χ0v) is 8.15. The molecule has 1 heterocycles. The lowest BCUT2D eigenvalue weighted by Crippen LogP contribution is -2.27. The van der Waals surface area contributed by atoms with Gasteiger partial charge in [-0.1, -0.05) is 0 Å². The van der Waals surface area contributed by atoms with Crippen LogP contribution < -0.4 is 17.2 Å². The van der Waals surface area contributed by atoms with Crippen LogP contribution in [0.15, 0.2) is 9.98 Å². The van der Waals surface area contributed by atoms with E-state index in [1.165, 1.54) is 0 Å².